The van der Waals surface area contributed by atoms with E-state index in [1.54, 1.807) is 4.90 Å². The lowest BCUT2D eigenvalue weighted by molar-refractivity contribution is 0.150. The maximum Gasteiger partial charge on any atom is 0.414 e. The lowest BCUT2D eigenvalue weighted by Gasteiger charge is -2.24. The summed E-state index contributed by atoms with van der Waals surface area (Å²) in [6, 6.07) is 31.8. The molecule has 1 atom stereocenters. The molecule has 1 aliphatic carbocycles. The van der Waals surface area contributed by atoms with Crippen LogP contribution >= 0.6 is 0 Å². The summed E-state index contributed by atoms with van der Waals surface area (Å²) in [5, 5.41) is 9.31. The zero-order valence-corrected chi connectivity index (χ0v) is 22.1. The molecule has 1 saturated heterocycles. The zero-order chi connectivity index (χ0) is 27.6. The van der Waals surface area contributed by atoms with E-state index in [4.69, 9.17) is 10.5 Å². The van der Waals surface area contributed by atoms with Gasteiger partial charge < -0.3 is 20.5 Å². The van der Waals surface area contributed by atoms with E-state index in [1.165, 1.54) is 16.0 Å². The molecule has 202 valence electrons. The van der Waals surface area contributed by atoms with Crippen molar-refractivity contribution in [2.24, 2.45) is 0 Å². The molecule has 40 heavy (non-hydrogen) atoms. The van der Waals surface area contributed by atoms with E-state index in [-0.39, 0.29) is 18.4 Å². The second kappa shape index (κ2) is 10.8. The second-order valence-electron chi connectivity index (χ2n) is 10.4. The summed E-state index contributed by atoms with van der Waals surface area (Å²) >= 11 is 0. The molecule has 1 fully saturated rings. The Labute approximate surface area is 233 Å². The van der Waals surface area contributed by atoms with E-state index in [2.05, 4.69) is 24.3 Å². The molecule has 1 heterocycles. The first kappa shape index (κ1) is 25.5. The molecule has 0 spiro atoms. The zero-order valence-electron chi connectivity index (χ0n) is 22.1. The SMILES string of the molecule is Nc1ccc(CN(C(=O)OCC2c3ccccc3-c3ccccc32)c2ccc(C3CCN(C(=O)O)C3)cc2)cc1. The number of nitrogens with zero attached hydrogens (tertiary/aromatic N) is 2. The van der Waals surface area contributed by atoms with Crippen LogP contribution in [0, 0.1) is 0 Å². The third-order valence-corrected chi connectivity index (χ3v) is 8.01. The number of nitrogen functional groups attached to an aromatic ring is 1. The summed E-state index contributed by atoms with van der Waals surface area (Å²) < 4.78 is 6.01. The minimum atomic E-state index is -0.885. The van der Waals surface area contributed by atoms with Crippen LogP contribution in [0.4, 0.5) is 21.0 Å². The maximum absolute atomic E-state index is 13.7. The van der Waals surface area contributed by atoms with Gasteiger partial charge in [0.2, 0.25) is 0 Å². The van der Waals surface area contributed by atoms with Crippen molar-refractivity contribution >= 4 is 23.6 Å². The van der Waals surface area contributed by atoms with Gasteiger partial charge >= 0.3 is 12.2 Å². The first-order valence-electron chi connectivity index (χ1n) is 13.5. The molecule has 3 N–H and O–H groups in total. The summed E-state index contributed by atoms with van der Waals surface area (Å²) in [5.41, 5.74) is 13.9. The lowest BCUT2D eigenvalue weighted by atomic mass is 9.98. The van der Waals surface area contributed by atoms with Crippen molar-refractivity contribution in [3.63, 3.8) is 0 Å². The highest BCUT2D eigenvalue weighted by Crippen LogP contribution is 2.44. The van der Waals surface area contributed by atoms with Gasteiger partial charge in [0.05, 0.1) is 6.54 Å². The molecule has 4 aromatic carbocycles. The highest BCUT2D eigenvalue weighted by atomic mass is 16.6. The Hall–Kier alpha value is -4.78. The predicted octanol–water partition coefficient (Wildman–Crippen LogP) is 6.69. The van der Waals surface area contributed by atoms with Crippen LogP contribution in [0.15, 0.2) is 97.1 Å². The molecule has 7 nitrogen and oxygen atoms in total. The number of amides is 2. The number of anilines is 2. The van der Waals surface area contributed by atoms with E-state index in [0.29, 0.717) is 31.0 Å². The van der Waals surface area contributed by atoms with E-state index in [9.17, 15) is 14.7 Å². The van der Waals surface area contributed by atoms with Crippen LogP contribution in [0.1, 0.15) is 40.5 Å². The van der Waals surface area contributed by atoms with Gasteiger partial charge in [0.25, 0.3) is 0 Å². The number of carbonyl (C=O) groups excluding carboxylic acids is 1. The molecule has 1 unspecified atom stereocenters. The Bertz CT molecular complexity index is 1490. The van der Waals surface area contributed by atoms with Gasteiger partial charge in [-0.3, -0.25) is 4.90 Å². The van der Waals surface area contributed by atoms with Gasteiger partial charge in [-0.2, -0.15) is 0 Å². The molecule has 1 aliphatic heterocycles. The van der Waals surface area contributed by atoms with Gasteiger partial charge in [0, 0.05) is 36.3 Å². The van der Waals surface area contributed by atoms with E-state index < -0.39 is 12.2 Å². The summed E-state index contributed by atoms with van der Waals surface area (Å²) in [5.74, 6) is 0.113. The molecule has 7 heteroatoms. The molecule has 6 rings (SSSR count). The van der Waals surface area contributed by atoms with Gasteiger partial charge in [-0.15, -0.1) is 0 Å². The number of hydrogen-bond acceptors (Lipinski definition) is 4. The molecule has 0 radical (unpaired) electrons. The topological polar surface area (TPSA) is 96.1 Å². The largest absolute Gasteiger partial charge is 0.465 e. The van der Waals surface area contributed by atoms with Crippen LogP contribution in [0.25, 0.3) is 11.1 Å². The van der Waals surface area contributed by atoms with Crippen molar-refractivity contribution in [2.45, 2.75) is 24.8 Å². The fourth-order valence-corrected chi connectivity index (χ4v) is 5.87. The average Bonchev–Trinajstić information content (AvgIpc) is 3.60. The number of ether oxygens (including phenoxy) is 1. The minimum absolute atomic E-state index is 0.0309. The normalized spacial score (nSPS) is 15.9. The fourth-order valence-electron chi connectivity index (χ4n) is 5.87. The van der Waals surface area contributed by atoms with Crippen molar-refractivity contribution in [3.8, 4) is 11.1 Å². The first-order valence-corrected chi connectivity index (χ1v) is 13.5. The van der Waals surface area contributed by atoms with Crippen LogP contribution in [-0.2, 0) is 11.3 Å². The van der Waals surface area contributed by atoms with Gasteiger partial charge in [0.1, 0.15) is 6.61 Å². The number of hydrogen-bond donors (Lipinski definition) is 2. The van der Waals surface area contributed by atoms with E-state index in [1.807, 2.05) is 72.8 Å². The van der Waals surface area contributed by atoms with Gasteiger partial charge in [-0.25, -0.2) is 9.59 Å². The smallest absolute Gasteiger partial charge is 0.414 e. The van der Waals surface area contributed by atoms with Gasteiger partial charge in [-0.05, 0) is 64.1 Å². The first-order chi connectivity index (χ1) is 19.5. The summed E-state index contributed by atoms with van der Waals surface area (Å²) in [7, 11) is 0. The quantitative estimate of drug-likeness (QED) is 0.269. The van der Waals surface area contributed by atoms with Crippen LogP contribution < -0.4 is 10.6 Å². The standard InChI is InChI=1S/C33H31N3O4/c34-25-13-9-22(10-14-25)19-36(26-15-11-23(12-16-26)24-17-18-35(20-24)32(37)38)33(39)40-21-31-29-7-3-1-5-27(29)28-6-2-4-8-30(28)31/h1-16,24,31H,17-21,34H2,(H,37,38). The number of benzene rings is 4. The number of carbonyl (C=O) groups is 2. The Morgan fingerprint density at radius 1 is 0.875 bits per heavy atom. The van der Waals surface area contributed by atoms with Crippen molar-refractivity contribution in [3.05, 3.63) is 119 Å². The highest BCUT2D eigenvalue weighted by Gasteiger charge is 2.31. The number of nitrogens with two attached hydrogens (primary N) is 1. The highest BCUT2D eigenvalue weighted by molar-refractivity contribution is 5.88. The van der Waals surface area contributed by atoms with Crippen molar-refractivity contribution in [1.29, 1.82) is 0 Å². The summed E-state index contributed by atoms with van der Waals surface area (Å²) in [4.78, 5) is 28.1. The number of fused-ring (bicyclic) bond motifs is 3. The van der Waals surface area contributed by atoms with Crippen molar-refractivity contribution < 1.29 is 19.4 Å². The van der Waals surface area contributed by atoms with Crippen molar-refractivity contribution in [2.75, 3.05) is 30.3 Å². The van der Waals surface area contributed by atoms with Gasteiger partial charge in [-0.1, -0.05) is 72.8 Å². The third kappa shape index (κ3) is 4.98. The van der Waals surface area contributed by atoms with Crippen LogP contribution in [-0.4, -0.2) is 41.9 Å². The van der Waals surface area contributed by atoms with Gasteiger partial charge in [0.15, 0.2) is 0 Å². The molecular formula is C33H31N3O4. The van der Waals surface area contributed by atoms with Crippen LogP contribution in [0.5, 0.6) is 0 Å². The Morgan fingerprint density at radius 3 is 2.10 bits per heavy atom. The second-order valence-corrected chi connectivity index (χ2v) is 10.4. The summed E-state index contributed by atoms with van der Waals surface area (Å²) in [6.45, 7) is 1.57. The summed E-state index contributed by atoms with van der Waals surface area (Å²) in [6.07, 6.45) is -0.527. The average molecular weight is 534 g/mol. The van der Waals surface area contributed by atoms with Crippen LogP contribution in [0.3, 0.4) is 0 Å². The van der Waals surface area contributed by atoms with E-state index >= 15 is 0 Å². The predicted molar refractivity (Wildman–Crippen MR) is 156 cm³/mol. The van der Waals surface area contributed by atoms with Crippen LogP contribution in [0.2, 0.25) is 0 Å². The fraction of sp³-hybridized carbons (Fsp3) is 0.212. The monoisotopic (exact) mass is 533 g/mol. The molecule has 4 aromatic rings. The van der Waals surface area contributed by atoms with Crippen molar-refractivity contribution in [1.82, 2.24) is 4.90 Å². The Balaban J connectivity index is 1.23. The van der Waals surface area contributed by atoms with E-state index in [0.717, 1.165) is 28.7 Å². The molecule has 0 saturated carbocycles. The molecule has 0 aromatic heterocycles. The molecule has 0 bridgehead atoms. The lowest BCUT2D eigenvalue weighted by Crippen LogP contribution is -2.32. The Kier molecular flexibility index (Phi) is 6.86. The maximum atomic E-state index is 13.7. The molecule has 2 amide bonds. The Morgan fingerprint density at radius 2 is 1.50 bits per heavy atom. The molecule has 2 aliphatic rings. The molecular weight excluding hydrogens is 502 g/mol. The number of rotatable bonds is 6. The third-order valence-electron chi connectivity index (χ3n) is 8.01. The minimum Gasteiger partial charge on any atom is -0.465 e. The number of likely N-dealkylation sites (tertiary alicyclic amines) is 1. The number of carboxylic acid groups (broad SMARTS) is 1.